The molecule has 0 spiro atoms. The number of nitrogens with one attached hydrogen (secondary N) is 1. The van der Waals surface area contributed by atoms with Crippen molar-refractivity contribution in [3.63, 3.8) is 0 Å². The minimum Gasteiger partial charge on any atom is -0.493 e. The van der Waals surface area contributed by atoms with Crippen molar-refractivity contribution in [1.82, 2.24) is 20.2 Å². The Morgan fingerprint density at radius 2 is 2.00 bits per heavy atom. The molecule has 0 unspecified atom stereocenters. The highest BCUT2D eigenvalue weighted by Gasteiger charge is 2.11. The average molecular weight is 288 g/mol. The Labute approximate surface area is 119 Å². The topological polar surface area (TPSA) is 72.9 Å². The summed E-state index contributed by atoms with van der Waals surface area (Å²) in [6, 6.07) is 5.71. The lowest BCUT2D eigenvalue weighted by atomic mass is 10.1. The van der Waals surface area contributed by atoms with Crippen LogP contribution in [0.3, 0.4) is 0 Å². The van der Waals surface area contributed by atoms with Crippen LogP contribution in [0.15, 0.2) is 29.9 Å². The van der Waals surface area contributed by atoms with Gasteiger partial charge in [0.1, 0.15) is 6.33 Å². The number of ether oxygens (including phenoxy) is 2. The third kappa shape index (κ3) is 2.23. The van der Waals surface area contributed by atoms with Crippen LogP contribution in [0.5, 0.6) is 11.5 Å². The zero-order valence-corrected chi connectivity index (χ0v) is 11.8. The first-order valence-electron chi connectivity index (χ1n) is 5.85. The molecule has 0 bridgehead atoms. The number of hydrogen-bond donors (Lipinski definition) is 1. The number of methoxy groups -OCH3 is 2. The Morgan fingerprint density at radius 1 is 1.15 bits per heavy atom. The summed E-state index contributed by atoms with van der Waals surface area (Å²) in [4.78, 5) is 8.63. The maximum atomic E-state index is 5.30. The summed E-state index contributed by atoms with van der Waals surface area (Å²) < 4.78 is 10.5. The number of H-pyrrole nitrogens is 1. The Morgan fingerprint density at radius 3 is 2.70 bits per heavy atom. The molecule has 0 saturated heterocycles. The molecular weight excluding hydrogens is 276 g/mol. The van der Waals surface area contributed by atoms with Crippen LogP contribution in [0.2, 0.25) is 0 Å². The van der Waals surface area contributed by atoms with Crippen molar-refractivity contribution in [2.24, 2.45) is 0 Å². The maximum absolute atomic E-state index is 5.30. The van der Waals surface area contributed by atoms with Gasteiger partial charge in [-0.3, -0.25) is 5.10 Å². The number of aromatic amines is 1. The predicted molar refractivity (Wildman–Crippen MR) is 76.0 cm³/mol. The van der Waals surface area contributed by atoms with E-state index in [1.807, 2.05) is 23.6 Å². The van der Waals surface area contributed by atoms with E-state index in [9.17, 15) is 0 Å². The highest BCUT2D eigenvalue weighted by atomic mass is 32.1. The molecule has 0 aliphatic rings. The fourth-order valence-electron chi connectivity index (χ4n) is 1.82. The van der Waals surface area contributed by atoms with Crippen LogP contribution in [0.1, 0.15) is 0 Å². The molecule has 2 aromatic heterocycles. The lowest BCUT2D eigenvalue weighted by Crippen LogP contribution is -1.91. The Balaban J connectivity index is 1.97. The Kier molecular flexibility index (Phi) is 3.34. The van der Waals surface area contributed by atoms with Gasteiger partial charge in [0, 0.05) is 10.9 Å². The molecule has 20 heavy (non-hydrogen) atoms. The Hall–Kier alpha value is -2.41. The summed E-state index contributed by atoms with van der Waals surface area (Å²) in [6.45, 7) is 0. The van der Waals surface area contributed by atoms with Crippen LogP contribution < -0.4 is 9.47 Å². The minimum atomic E-state index is 0.668. The van der Waals surface area contributed by atoms with E-state index < -0.39 is 0 Å². The molecule has 3 rings (SSSR count). The van der Waals surface area contributed by atoms with Crippen molar-refractivity contribution >= 4 is 11.3 Å². The third-order valence-corrected chi connectivity index (χ3v) is 3.65. The first kappa shape index (κ1) is 12.6. The smallest absolute Gasteiger partial charge is 0.184 e. The Bertz CT molecular complexity index is 709. The quantitative estimate of drug-likeness (QED) is 0.799. The van der Waals surface area contributed by atoms with Crippen LogP contribution in [0.4, 0.5) is 0 Å². The van der Waals surface area contributed by atoms with Crippen LogP contribution in [-0.2, 0) is 0 Å². The van der Waals surface area contributed by atoms with E-state index in [2.05, 4.69) is 20.2 Å². The minimum absolute atomic E-state index is 0.668. The zero-order valence-electron chi connectivity index (χ0n) is 11.0. The highest BCUT2D eigenvalue weighted by molar-refractivity contribution is 7.13. The number of aromatic nitrogens is 4. The lowest BCUT2D eigenvalue weighted by Gasteiger charge is -2.08. The summed E-state index contributed by atoms with van der Waals surface area (Å²) in [6.07, 6.45) is 1.47. The van der Waals surface area contributed by atoms with E-state index in [1.165, 1.54) is 17.7 Å². The molecule has 0 amide bonds. The molecule has 7 heteroatoms. The zero-order chi connectivity index (χ0) is 13.9. The van der Waals surface area contributed by atoms with Crippen LogP contribution in [0.25, 0.3) is 22.1 Å². The molecule has 2 heterocycles. The number of benzene rings is 1. The summed E-state index contributed by atoms with van der Waals surface area (Å²) in [7, 11) is 3.23. The fourth-order valence-corrected chi connectivity index (χ4v) is 2.59. The van der Waals surface area contributed by atoms with E-state index in [-0.39, 0.29) is 0 Å². The molecule has 0 aliphatic carbocycles. The molecule has 0 aliphatic heterocycles. The van der Waals surface area contributed by atoms with E-state index in [4.69, 9.17) is 9.47 Å². The molecule has 0 radical (unpaired) electrons. The van der Waals surface area contributed by atoms with Crippen LogP contribution in [0, 0.1) is 0 Å². The van der Waals surface area contributed by atoms with Gasteiger partial charge in [-0.1, -0.05) is 0 Å². The molecular formula is C13H12N4O2S. The second kappa shape index (κ2) is 5.30. The van der Waals surface area contributed by atoms with Gasteiger partial charge in [-0.25, -0.2) is 9.97 Å². The monoisotopic (exact) mass is 288 g/mol. The van der Waals surface area contributed by atoms with Crippen molar-refractivity contribution in [1.29, 1.82) is 0 Å². The van der Waals surface area contributed by atoms with Gasteiger partial charge in [-0.15, -0.1) is 11.3 Å². The van der Waals surface area contributed by atoms with Crippen molar-refractivity contribution in [3.8, 4) is 33.6 Å². The van der Waals surface area contributed by atoms with Gasteiger partial charge in [-0.05, 0) is 18.2 Å². The molecule has 102 valence electrons. The summed E-state index contributed by atoms with van der Waals surface area (Å²) in [5.41, 5.74) is 1.83. The molecule has 3 aromatic rings. The summed E-state index contributed by atoms with van der Waals surface area (Å²) in [5.74, 6) is 2.04. The summed E-state index contributed by atoms with van der Waals surface area (Å²) in [5, 5.41) is 9.40. The van der Waals surface area contributed by atoms with Gasteiger partial charge >= 0.3 is 0 Å². The molecule has 6 nitrogen and oxygen atoms in total. The number of nitrogens with zero attached hydrogens (tertiary/aromatic N) is 3. The molecule has 0 fully saturated rings. The average Bonchev–Trinajstić information content (AvgIpc) is 3.16. The van der Waals surface area contributed by atoms with E-state index in [1.54, 1.807) is 14.2 Å². The molecule has 0 atom stereocenters. The van der Waals surface area contributed by atoms with Crippen molar-refractivity contribution in [2.75, 3.05) is 14.2 Å². The van der Waals surface area contributed by atoms with E-state index >= 15 is 0 Å². The van der Waals surface area contributed by atoms with Gasteiger partial charge in [-0.2, -0.15) is 5.10 Å². The highest BCUT2D eigenvalue weighted by Crippen LogP contribution is 2.33. The van der Waals surface area contributed by atoms with Gasteiger partial charge in [0.2, 0.25) is 0 Å². The number of thiazole rings is 1. The first-order chi connectivity index (χ1) is 9.81. The van der Waals surface area contributed by atoms with Crippen molar-refractivity contribution in [3.05, 3.63) is 29.9 Å². The lowest BCUT2D eigenvalue weighted by molar-refractivity contribution is 0.355. The van der Waals surface area contributed by atoms with Gasteiger partial charge in [0.25, 0.3) is 0 Å². The van der Waals surface area contributed by atoms with Crippen molar-refractivity contribution in [2.45, 2.75) is 0 Å². The summed E-state index contributed by atoms with van der Waals surface area (Å²) >= 11 is 1.51. The second-order valence-electron chi connectivity index (χ2n) is 3.94. The standard InChI is InChI=1S/C13H12N4O2S/c1-18-10-4-3-8(5-11(10)19-2)9-6-20-13(16-9)12-14-7-15-17-12/h3-7H,1-2H3,(H,14,15,17). The van der Waals surface area contributed by atoms with Crippen LogP contribution >= 0.6 is 11.3 Å². The van der Waals surface area contributed by atoms with Gasteiger partial charge in [0.15, 0.2) is 22.3 Å². The molecule has 1 N–H and O–H groups in total. The normalized spacial score (nSPS) is 10.5. The van der Waals surface area contributed by atoms with Crippen molar-refractivity contribution < 1.29 is 9.47 Å². The van der Waals surface area contributed by atoms with E-state index in [0.717, 1.165) is 16.3 Å². The number of hydrogen-bond acceptors (Lipinski definition) is 6. The maximum Gasteiger partial charge on any atom is 0.184 e. The third-order valence-electron chi connectivity index (χ3n) is 2.80. The van der Waals surface area contributed by atoms with E-state index in [0.29, 0.717) is 17.3 Å². The number of rotatable bonds is 4. The van der Waals surface area contributed by atoms with Gasteiger partial charge in [0.05, 0.1) is 19.9 Å². The molecule has 0 saturated carbocycles. The van der Waals surface area contributed by atoms with Gasteiger partial charge < -0.3 is 9.47 Å². The first-order valence-corrected chi connectivity index (χ1v) is 6.73. The predicted octanol–water partition coefficient (Wildman–Crippen LogP) is 2.61. The second-order valence-corrected chi connectivity index (χ2v) is 4.80. The largest absolute Gasteiger partial charge is 0.493 e. The fraction of sp³-hybridized carbons (Fsp3) is 0.154. The van der Waals surface area contributed by atoms with Crippen LogP contribution in [-0.4, -0.2) is 34.4 Å². The SMILES string of the molecule is COc1ccc(-c2csc(-c3ncn[nH]3)n2)cc1OC. The molecule has 1 aromatic carbocycles.